The van der Waals surface area contributed by atoms with Gasteiger partial charge in [0.25, 0.3) is 11.8 Å². The summed E-state index contributed by atoms with van der Waals surface area (Å²) in [6.07, 6.45) is -0.685. The number of carbonyl (C=O) groups excluding carboxylic acids is 3. The quantitative estimate of drug-likeness (QED) is 0.385. The summed E-state index contributed by atoms with van der Waals surface area (Å²) < 4.78 is 13.0. The summed E-state index contributed by atoms with van der Waals surface area (Å²) in [7, 11) is 0. The third kappa shape index (κ3) is 5.53. The van der Waals surface area contributed by atoms with Gasteiger partial charge in [0.05, 0.1) is 11.3 Å². The Labute approximate surface area is 203 Å². The number of azo groups is 1. The van der Waals surface area contributed by atoms with Gasteiger partial charge in [0, 0.05) is 11.3 Å². The van der Waals surface area contributed by atoms with Gasteiger partial charge in [0.1, 0.15) is 17.9 Å². The normalized spacial score (nSPS) is 15.1. The maximum Gasteiger partial charge on any atom is 0.335 e. The zero-order chi connectivity index (χ0) is 25.7. The van der Waals surface area contributed by atoms with Crippen LogP contribution in [0.15, 0.2) is 94.2 Å². The first-order valence-corrected chi connectivity index (χ1v) is 10.6. The Kier molecular flexibility index (Phi) is 7.00. The highest BCUT2D eigenvalue weighted by molar-refractivity contribution is 6.23. The summed E-state index contributed by atoms with van der Waals surface area (Å²) in [5.74, 6) is -3.96. The first-order valence-electron chi connectivity index (χ1n) is 10.6. The number of carboxylic acids is 1. The Bertz CT molecular complexity index is 1370. The zero-order valence-electron chi connectivity index (χ0n) is 18.5. The third-order valence-electron chi connectivity index (χ3n) is 5.06. The summed E-state index contributed by atoms with van der Waals surface area (Å²) in [4.78, 5) is 49.1. The van der Waals surface area contributed by atoms with Crippen LogP contribution < -0.4 is 5.32 Å². The molecule has 2 N–H and O–H groups in total. The van der Waals surface area contributed by atoms with E-state index in [2.05, 4.69) is 20.6 Å². The molecule has 0 saturated heterocycles. The summed E-state index contributed by atoms with van der Waals surface area (Å²) >= 11 is 0. The first kappa shape index (κ1) is 24.1. The molecule has 3 amide bonds. The second-order valence-electron chi connectivity index (χ2n) is 7.60. The lowest BCUT2D eigenvalue weighted by Crippen LogP contribution is -2.36. The Morgan fingerprint density at radius 2 is 1.64 bits per heavy atom. The van der Waals surface area contributed by atoms with E-state index in [1.165, 1.54) is 36.4 Å². The molecule has 36 heavy (non-hydrogen) atoms. The molecule has 0 aromatic heterocycles. The topological polar surface area (TPSA) is 141 Å². The lowest BCUT2D eigenvalue weighted by Gasteiger charge is -2.11. The molecule has 0 saturated carbocycles. The molecule has 11 heteroatoms. The number of imide groups is 1. The number of nitrogens with one attached hydrogen (secondary N) is 1. The van der Waals surface area contributed by atoms with Crippen molar-refractivity contribution in [3.63, 3.8) is 0 Å². The van der Waals surface area contributed by atoms with Gasteiger partial charge in [-0.2, -0.15) is 20.3 Å². The number of anilines is 1. The number of halogens is 1. The Morgan fingerprint density at radius 3 is 2.28 bits per heavy atom. The van der Waals surface area contributed by atoms with Crippen molar-refractivity contribution >= 4 is 40.8 Å². The van der Waals surface area contributed by atoms with Gasteiger partial charge in [0.15, 0.2) is 6.04 Å². The Balaban J connectivity index is 1.53. The number of hydrazone groups is 1. The van der Waals surface area contributed by atoms with E-state index in [0.717, 1.165) is 12.1 Å². The summed E-state index contributed by atoms with van der Waals surface area (Å²) in [6.45, 7) is 0. The summed E-state index contributed by atoms with van der Waals surface area (Å²) in [6, 6.07) is 17.9. The maximum atomic E-state index is 13.1. The number of carboxylic acid groups (broad SMARTS) is 1. The van der Waals surface area contributed by atoms with E-state index >= 15 is 0 Å². The van der Waals surface area contributed by atoms with Crippen LogP contribution in [0.5, 0.6) is 0 Å². The lowest BCUT2D eigenvalue weighted by molar-refractivity contribution is -0.144. The molecule has 1 heterocycles. The van der Waals surface area contributed by atoms with Gasteiger partial charge in [-0.3, -0.25) is 14.4 Å². The number of rotatable bonds is 7. The first-order chi connectivity index (χ1) is 17.3. The van der Waals surface area contributed by atoms with Gasteiger partial charge < -0.3 is 10.4 Å². The highest BCUT2D eigenvalue weighted by Crippen LogP contribution is 2.22. The molecule has 10 nitrogen and oxygen atoms in total. The molecule has 1 aliphatic rings. The second-order valence-corrected chi connectivity index (χ2v) is 7.60. The van der Waals surface area contributed by atoms with E-state index in [1.54, 1.807) is 30.3 Å². The predicted molar refractivity (Wildman–Crippen MR) is 126 cm³/mol. The second kappa shape index (κ2) is 10.5. The van der Waals surface area contributed by atoms with E-state index in [-0.39, 0.29) is 17.0 Å². The van der Waals surface area contributed by atoms with Crippen molar-refractivity contribution < 1.29 is 28.7 Å². The molecule has 0 spiro atoms. The van der Waals surface area contributed by atoms with Gasteiger partial charge >= 0.3 is 5.97 Å². The highest BCUT2D eigenvalue weighted by Gasteiger charge is 2.40. The van der Waals surface area contributed by atoms with Crippen molar-refractivity contribution in [3.05, 3.63) is 95.8 Å². The van der Waals surface area contributed by atoms with Gasteiger partial charge in [-0.05, 0) is 48.5 Å². The number of amides is 3. The molecular weight excluding hydrogens is 469 g/mol. The number of aromatic carboxylic acids is 1. The van der Waals surface area contributed by atoms with E-state index in [4.69, 9.17) is 5.11 Å². The molecule has 3 aromatic carbocycles. The molecule has 0 bridgehead atoms. The van der Waals surface area contributed by atoms with Crippen molar-refractivity contribution in [1.82, 2.24) is 5.01 Å². The molecule has 180 valence electrons. The lowest BCUT2D eigenvalue weighted by atomic mass is 10.0. The number of hydrogen-bond donors (Lipinski definition) is 2. The smallest absolute Gasteiger partial charge is 0.335 e. The minimum atomic E-state index is -1.25. The van der Waals surface area contributed by atoms with Crippen LogP contribution in [-0.4, -0.2) is 45.6 Å². The number of nitrogens with zero attached hydrogens (tertiary/aromatic N) is 4. The van der Waals surface area contributed by atoms with Crippen LogP contribution in [0, 0.1) is 5.82 Å². The van der Waals surface area contributed by atoms with Gasteiger partial charge in [-0.25, -0.2) is 9.18 Å². The van der Waals surface area contributed by atoms with Crippen molar-refractivity contribution in [2.24, 2.45) is 15.3 Å². The minimum absolute atomic E-state index is 0.0631. The maximum absolute atomic E-state index is 13.1. The molecular formula is C25H18FN5O5. The number of hydrogen-bond acceptors (Lipinski definition) is 7. The average Bonchev–Trinajstić information content (AvgIpc) is 3.21. The molecule has 1 unspecified atom stereocenters. The van der Waals surface area contributed by atoms with Crippen LogP contribution in [0.1, 0.15) is 22.3 Å². The molecule has 0 fully saturated rings. The predicted octanol–water partition coefficient (Wildman–Crippen LogP) is 3.78. The van der Waals surface area contributed by atoms with Gasteiger partial charge in [0.2, 0.25) is 5.91 Å². The van der Waals surface area contributed by atoms with E-state index < -0.39 is 42.0 Å². The molecule has 4 rings (SSSR count). The van der Waals surface area contributed by atoms with Crippen LogP contribution >= 0.6 is 0 Å². The third-order valence-corrected chi connectivity index (χ3v) is 5.06. The number of benzene rings is 3. The largest absolute Gasteiger partial charge is 0.478 e. The zero-order valence-corrected chi connectivity index (χ0v) is 18.5. The SMILES string of the molecule is O=C(CC(=O)N1N=C(c2ccccc2)C(N=Nc2ccc(C(=O)O)cc2)C1=O)Nc1ccc(F)cc1. The summed E-state index contributed by atoms with van der Waals surface area (Å²) in [5, 5.41) is 24.3. The van der Waals surface area contributed by atoms with Crippen molar-refractivity contribution in [3.8, 4) is 0 Å². The van der Waals surface area contributed by atoms with E-state index in [9.17, 15) is 23.6 Å². The fourth-order valence-corrected chi connectivity index (χ4v) is 3.30. The van der Waals surface area contributed by atoms with Crippen LogP contribution in [0.4, 0.5) is 15.8 Å². The van der Waals surface area contributed by atoms with Gasteiger partial charge in [-0.15, -0.1) is 0 Å². The summed E-state index contributed by atoms with van der Waals surface area (Å²) in [5.41, 5.74) is 1.34. The van der Waals surface area contributed by atoms with Crippen molar-refractivity contribution in [2.45, 2.75) is 12.5 Å². The van der Waals surface area contributed by atoms with E-state index in [1.807, 2.05) is 0 Å². The molecule has 3 aromatic rings. The van der Waals surface area contributed by atoms with Gasteiger partial charge in [-0.1, -0.05) is 30.3 Å². The van der Waals surface area contributed by atoms with Crippen LogP contribution in [0.3, 0.4) is 0 Å². The minimum Gasteiger partial charge on any atom is -0.478 e. The van der Waals surface area contributed by atoms with Crippen LogP contribution in [-0.2, 0) is 14.4 Å². The molecule has 1 atom stereocenters. The molecule has 1 aliphatic heterocycles. The molecule has 0 aliphatic carbocycles. The fraction of sp³-hybridized carbons (Fsp3) is 0.0800. The van der Waals surface area contributed by atoms with Crippen molar-refractivity contribution in [2.75, 3.05) is 5.32 Å². The fourth-order valence-electron chi connectivity index (χ4n) is 3.30. The van der Waals surface area contributed by atoms with Crippen molar-refractivity contribution in [1.29, 1.82) is 0 Å². The van der Waals surface area contributed by atoms with E-state index in [0.29, 0.717) is 16.3 Å². The number of carbonyl (C=O) groups is 4. The Morgan fingerprint density at radius 1 is 0.972 bits per heavy atom. The molecule has 0 radical (unpaired) electrons. The standard InChI is InChI=1S/C25H18FN5O5/c26-17-8-12-18(13-9-17)27-20(32)14-21(33)31-24(34)23(22(30-31)15-4-2-1-3-5-15)29-28-19-10-6-16(7-11-19)25(35)36/h1-13,23H,14H2,(H,27,32)(H,35,36). The Hall–Kier alpha value is -5.06. The average molecular weight is 487 g/mol. The highest BCUT2D eigenvalue weighted by atomic mass is 19.1. The van der Waals surface area contributed by atoms with Crippen LogP contribution in [0.2, 0.25) is 0 Å². The van der Waals surface area contributed by atoms with Crippen LogP contribution in [0.25, 0.3) is 0 Å². The monoisotopic (exact) mass is 487 g/mol.